The molecule has 0 aliphatic rings. The maximum atomic E-state index is 11.9. The van der Waals surface area contributed by atoms with Crippen molar-refractivity contribution in [3.8, 4) is 0 Å². The van der Waals surface area contributed by atoms with Crippen LogP contribution in [0.3, 0.4) is 0 Å². The predicted octanol–water partition coefficient (Wildman–Crippen LogP) is 2.47. The first-order valence-corrected chi connectivity index (χ1v) is 5.29. The van der Waals surface area contributed by atoms with E-state index in [-0.39, 0.29) is 0 Å². The van der Waals surface area contributed by atoms with Crippen LogP contribution in [0, 0.1) is 10.8 Å². The molecular formula is C12H22O4. The van der Waals surface area contributed by atoms with Crippen LogP contribution in [0.5, 0.6) is 0 Å². The average Bonchev–Trinajstić information content (AvgIpc) is 1.99. The molecule has 0 unspecified atom stereocenters. The van der Waals surface area contributed by atoms with Crippen LogP contribution in [-0.2, 0) is 14.3 Å². The van der Waals surface area contributed by atoms with Crippen molar-refractivity contribution in [2.24, 2.45) is 10.8 Å². The number of hydrogen-bond acceptors (Lipinski definition) is 3. The smallest absolute Gasteiger partial charge is 0.313 e. The summed E-state index contributed by atoms with van der Waals surface area (Å²) in [6.45, 7) is 11.5. The second kappa shape index (κ2) is 4.07. The largest absolute Gasteiger partial charge is 0.481 e. The van der Waals surface area contributed by atoms with Gasteiger partial charge < -0.3 is 9.84 Å². The highest BCUT2D eigenvalue weighted by Crippen LogP contribution is 2.40. The Balaban J connectivity index is 5.07. The van der Waals surface area contributed by atoms with Gasteiger partial charge in [-0.25, -0.2) is 0 Å². The second-order valence-corrected chi connectivity index (χ2v) is 6.06. The van der Waals surface area contributed by atoms with E-state index in [9.17, 15) is 9.59 Å². The molecule has 0 aromatic heterocycles. The molecule has 16 heavy (non-hydrogen) atoms. The Kier molecular flexibility index (Phi) is 3.80. The molecule has 0 heterocycles. The van der Waals surface area contributed by atoms with Gasteiger partial charge in [-0.3, -0.25) is 9.59 Å². The Morgan fingerprint density at radius 2 is 1.25 bits per heavy atom. The number of rotatable bonds is 3. The third kappa shape index (κ3) is 2.97. The lowest BCUT2D eigenvalue weighted by Gasteiger charge is -2.37. The number of carbonyl (C=O) groups is 2. The molecule has 0 aromatic rings. The lowest BCUT2D eigenvalue weighted by molar-refractivity contribution is -0.180. The molecule has 0 aliphatic carbocycles. The van der Waals surface area contributed by atoms with Gasteiger partial charge in [-0.2, -0.15) is 0 Å². The topological polar surface area (TPSA) is 63.6 Å². The molecule has 0 atom stereocenters. The Morgan fingerprint density at radius 3 is 1.50 bits per heavy atom. The fraction of sp³-hybridized carbons (Fsp3) is 0.833. The molecule has 1 N–H and O–H groups in total. The number of ether oxygens (including phenoxy) is 1. The molecule has 0 saturated heterocycles. The zero-order valence-corrected chi connectivity index (χ0v) is 11.2. The summed E-state index contributed by atoms with van der Waals surface area (Å²) in [5, 5.41) is 9.12. The minimum absolute atomic E-state index is 0.493. The number of carbonyl (C=O) groups excluding carboxylic acids is 1. The van der Waals surface area contributed by atoms with Gasteiger partial charge in [-0.05, 0) is 48.5 Å². The average molecular weight is 230 g/mol. The van der Waals surface area contributed by atoms with Crippen molar-refractivity contribution in [1.29, 1.82) is 0 Å². The SMILES string of the molecule is CC(C)(C)OC(=O)C(C)(C)C(C)(C)C(=O)O. The second-order valence-electron chi connectivity index (χ2n) is 6.06. The lowest BCUT2D eigenvalue weighted by Crippen LogP contribution is -2.47. The van der Waals surface area contributed by atoms with Gasteiger partial charge in [0.05, 0.1) is 10.8 Å². The van der Waals surface area contributed by atoms with Gasteiger partial charge >= 0.3 is 11.9 Å². The van der Waals surface area contributed by atoms with E-state index in [0.717, 1.165) is 0 Å². The van der Waals surface area contributed by atoms with E-state index in [4.69, 9.17) is 9.84 Å². The van der Waals surface area contributed by atoms with E-state index in [1.54, 1.807) is 34.6 Å². The molecule has 4 nitrogen and oxygen atoms in total. The number of carboxylic acids is 1. The predicted molar refractivity (Wildman–Crippen MR) is 61.0 cm³/mol. The third-order valence-corrected chi connectivity index (χ3v) is 3.01. The fourth-order valence-electron chi connectivity index (χ4n) is 0.928. The summed E-state index contributed by atoms with van der Waals surface area (Å²) in [4.78, 5) is 23.1. The summed E-state index contributed by atoms with van der Waals surface area (Å²) in [7, 11) is 0. The van der Waals surface area contributed by atoms with E-state index in [1.165, 1.54) is 13.8 Å². The van der Waals surface area contributed by atoms with E-state index >= 15 is 0 Å². The van der Waals surface area contributed by atoms with Crippen molar-refractivity contribution >= 4 is 11.9 Å². The van der Waals surface area contributed by atoms with Crippen molar-refractivity contribution in [3.05, 3.63) is 0 Å². The fourth-order valence-corrected chi connectivity index (χ4v) is 0.928. The maximum Gasteiger partial charge on any atom is 0.313 e. The van der Waals surface area contributed by atoms with Crippen LogP contribution in [0.25, 0.3) is 0 Å². The Bertz CT molecular complexity index is 295. The van der Waals surface area contributed by atoms with Crippen LogP contribution < -0.4 is 0 Å². The van der Waals surface area contributed by atoms with Gasteiger partial charge in [0.25, 0.3) is 0 Å². The van der Waals surface area contributed by atoms with Crippen molar-refractivity contribution in [3.63, 3.8) is 0 Å². The molecule has 94 valence electrons. The molecule has 0 fully saturated rings. The van der Waals surface area contributed by atoms with Crippen LogP contribution >= 0.6 is 0 Å². The molecule has 4 heteroatoms. The molecule has 0 radical (unpaired) electrons. The molecule has 0 amide bonds. The van der Waals surface area contributed by atoms with Crippen molar-refractivity contribution in [2.45, 2.75) is 54.1 Å². The first-order valence-electron chi connectivity index (χ1n) is 5.29. The summed E-state index contributed by atoms with van der Waals surface area (Å²) in [5.74, 6) is -1.50. The molecule has 0 bridgehead atoms. The van der Waals surface area contributed by atoms with Crippen molar-refractivity contribution in [2.75, 3.05) is 0 Å². The van der Waals surface area contributed by atoms with Gasteiger partial charge in [0.15, 0.2) is 0 Å². The van der Waals surface area contributed by atoms with Crippen LogP contribution in [-0.4, -0.2) is 22.6 Å². The normalized spacial score (nSPS) is 13.4. The molecule has 0 aromatic carbocycles. The van der Waals surface area contributed by atoms with Gasteiger partial charge in [-0.15, -0.1) is 0 Å². The number of aliphatic carboxylic acids is 1. The first-order chi connectivity index (χ1) is 6.82. The van der Waals surface area contributed by atoms with E-state index in [1.807, 2.05) is 0 Å². The summed E-state index contributed by atoms with van der Waals surface area (Å²) in [6.07, 6.45) is 0. The number of carboxylic acid groups (broad SMARTS) is 1. The number of esters is 1. The van der Waals surface area contributed by atoms with Gasteiger partial charge in [-0.1, -0.05) is 0 Å². The van der Waals surface area contributed by atoms with E-state index in [2.05, 4.69) is 0 Å². The summed E-state index contributed by atoms with van der Waals surface area (Å²) >= 11 is 0. The first kappa shape index (κ1) is 14.9. The Labute approximate surface area is 97.0 Å². The standard InChI is InChI=1S/C12H22O4/c1-10(2,3)16-9(15)12(6,7)11(4,5)8(13)14/h1-7H3,(H,13,14). The molecule has 0 rings (SSSR count). The highest BCUT2D eigenvalue weighted by Gasteiger charge is 2.50. The van der Waals surface area contributed by atoms with Crippen molar-refractivity contribution < 1.29 is 19.4 Å². The molecule has 0 aliphatic heterocycles. The summed E-state index contributed by atoms with van der Waals surface area (Å²) < 4.78 is 5.24. The number of hydrogen-bond donors (Lipinski definition) is 1. The third-order valence-electron chi connectivity index (χ3n) is 3.01. The van der Waals surface area contributed by atoms with E-state index in [0.29, 0.717) is 0 Å². The van der Waals surface area contributed by atoms with Crippen LogP contribution in [0.1, 0.15) is 48.5 Å². The van der Waals surface area contributed by atoms with Crippen LogP contribution in [0.4, 0.5) is 0 Å². The quantitative estimate of drug-likeness (QED) is 0.756. The highest BCUT2D eigenvalue weighted by molar-refractivity contribution is 5.86. The zero-order valence-electron chi connectivity index (χ0n) is 11.2. The van der Waals surface area contributed by atoms with Crippen LogP contribution in [0.2, 0.25) is 0 Å². The molecular weight excluding hydrogens is 208 g/mol. The lowest BCUT2D eigenvalue weighted by atomic mass is 9.68. The van der Waals surface area contributed by atoms with E-state index < -0.39 is 28.4 Å². The van der Waals surface area contributed by atoms with Gasteiger partial charge in [0, 0.05) is 0 Å². The molecule has 0 spiro atoms. The summed E-state index contributed by atoms with van der Waals surface area (Å²) in [5.41, 5.74) is -2.86. The zero-order chi connectivity index (χ0) is 13.4. The Hall–Kier alpha value is -1.06. The summed E-state index contributed by atoms with van der Waals surface area (Å²) in [6, 6.07) is 0. The minimum atomic E-state index is -1.17. The van der Waals surface area contributed by atoms with Gasteiger partial charge in [0.2, 0.25) is 0 Å². The van der Waals surface area contributed by atoms with Gasteiger partial charge in [0.1, 0.15) is 5.60 Å². The minimum Gasteiger partial charge on any atom is -0.481 e. The highest BCUT2D eigenvalue weighted by atomic mass is 16.6. The Morgan fingerprint density at radius 1 is 0.875 bits per heavy atom. The maximum absolute atomic E-state index is 11.9. The molecule has 0 saturated carbocycles. The van der Waals surface area contributed by atoms with Crippen molar-refractivity contribution in [1.82, 2.24) is 0 Å². The monoisotopic (exact) mass is 230 g/mol. The van der Waals surface area contributed by atoms with Crippen LogP contribution in [0.15, 0.2) is 0 Å².